The Hall–Kier alpha value is -1.20. The van der Waals surface area contributed by atoms with Crippen molar-refractivity contribution in [3.05, 3.63) is 0 Å². The summed E-state index contributed by atoms with van der Waals surface area (Å²) in [4.78, 5) is 23.1. The summed E-state index contributed by atoms with van der Waals surface area (Å²) < 4.78 is 26.1. The standard InChI is InChI=1S/C13H20F2N2O2/c1-6(2)11(16-7(3)18)12(19)17-8-4-9-10(5-8)13(9,14)15/h6,8-11H,4-5H2,1-3H3,(H,16,18)(H,17,19)/t8?,9?,10?,11-/m1/s1. The number of nitrogens with one attached hydrogen (secondary N) is 2. The highest BCUT2D eigenvalue weighted by Crippen LogP contribution is 2.63. The maximum absolute atomic E-state index is 13.0. The Morgan fingerprint density at radius 2 is 1.74 bits per heavy atom. The molecule has 2 saturated carbocycles. The number of alkyl halides is 2. The normalized spacial score (nSPS) is 32.6. The molecule has 2 fully saturated rings. The van der Waals surface area contributed by atoms with Crippen LogP contribution in [0.4, 0.5) is 8.78 Å². The van der Waals surface area contributed by atoms with Crippen molar-refractivity contribution in [3.8, 4) is 0 Å². The van der Waals surface area contributed by atoms with Crippen molar-refractivity contribution in [3.63, 3.8) is 0 Å². The number of fused-ring (bicyclic) bond motifs is 1. The van der Waals surface area contributed by atoms with Gasteiger partial charge in [0.05, 0.1) is 0 Å². The molecule has 108 valence electrons. The van der Waals surface area contributed by atoms with E-state index in [0.29, 0.717) is 12.8 Å². The molecule has 2 amide bonds. The summed E-state index contributed by atoms with van der Waals surface area (Å²) in [6.45, 7) is 5.02. The minimum absolute atomic E-state index is 0.0405. The van der Waals surface area contributed by atoms with Crippen molar-refractivity contribution < 1.29 is 18.4 Å². The molecule has 0 aromatic rings. The number of rotatable bonds is 4. The van der Waals surface area contributed by atoms with Gasteiger partial charge in [0.2, 0.25) is 11.8 Å². The van der Waals surface area contributed by atoms with Gasteiger partial charge in [-0.3, -0.25) is 9.59 Å². The fourth-order valence-corrected chi connectivity index (χ4v) is 2.98. The van der Waals surface area contributed by atoms with Gasteiger partial charge < -0.3 is 10.6 Å². The third-order valence-corrected chi connectivity index (χ3v) is 4.10. The summed E-state index contributed by atoms with van der Waals surface area (Å²) in [6.07, 6.45) is 0.683. The molecule has 4 nitrogen and oxygen atoms in total. The summed E-state index contributed by atoms with van der Waals surface area (Å²) >= 11 is 0. The van der Waals surface area contributed by atoms with Gasteiger partial charge in [-0.15, -0.1) is 0 Å². The third kappa shape index (κ3) is 2.72. The number of hydrogen-bond donors (Lipinski definition) is 2. The second-order valence-corrected chi connectivity index (χ2v) is 5.99. The molecule has 0 aromatic carbocycles. The average molecular weight is 274 g/mol. The number of amides is 2. The van der Waals surface area contributed by atoms with Crippen LogP contribution in [0.1, 0.15) is 33.6 Å². The zero-order chi connectivity index (χ0) is 14.4. The van der Waals surface area contributed by atoms with E-state index in [1.165, 1.54) is 6.92 Å². The molecule has 0 bridgehead atoms. The third-order valence-electron chi connectivity index (χ3n) is 4.10. The fraction of sp³-hybridized carbons (Fsp3) is 0.846. The fourth-order valence-electron chi connectivity index (χ4n) is 2.98. The first-order valence-corrected chi connectivity index (χ1v) is 6.68. The molecule has 2 N–H and O–H groups in total. The number of carbonyl (C=O) groups is 2. The molecule has 0 spiro atoms. The predicted molar refractivity (Wildman–Crippen MR) is 65.5 cm³/mol. The minimum atomic E-state index is -2.52. The van der Waals surface area contributed by atoms with E-state index in [2.05, 4.69) is 10.6 Å². The monoisotopic (exact) mass is 274 g/mol. The molecule has 2 aliphatic carbocycles. The van der Waals surface area contributed by atoms with E-state index in [0.717, 1.165) is 0 Å². The molecule has 3 atom stereocenters. The van der Waals surface area contributed by atoms with Crippen molar-refractivity contribution in [1.82, 2.24) is 10.6 Å². The average Bonchev–Trinajstić information content (AvgIpc) is 2.64. The smallest absolute Gasteiger partial charge is 0.254 e. The van der Waals surface area contributed by atoms with Crippen LogP contribution in [0.3, 0.4) is 0 Å². The molecular weight excluding hydrogens is 254 g/mol. The van der Waals surface area contributed by atoms with Crippen LogP contribution in [0.5, 0.6) is 0 Å². The maximum atomic E-state index is 13.0. The largest absolute Gasteiger partial charge is 0.352 e. The quantitative estimate of drug-likeness (QED) is 0.812. The maximum Gasteiger partial charge on any atom is 0.254 e. The van der Waals surface area contributed by atoms with E-state index >= 15 is 0 Å². The van der Waals surface area contributed by atoms with Crippen LogP contribution in [0.25, 0.3) is 0 Å². The van der Waals surface area contributed by atoms with Gasteiger partial charge in [-0.2, -0.15) is 0 Å². The Morgan fingerprint density at radius 1 is 1.21 bits per heavy atom. The molecular formula is C13H20F2N2O2. The predicted octanol–water partition coefficient (Wildman–Crippen LogP) is 1.31. The van der Waals surface area contributed by atoms with Crippen LogP contribution in [0, 0.1) is 17.8 Å². The van der Waals surface area contributed by atoms with Gasteiger partial charge in [0.1, 0.15) is 6.04 Å². The van der Waals surface area contributed by atoms with Gasteiger partial charge in [-0.1, -0.05) is 13.8 Å². The lowest BCUT2D eigenvalue weighted by Crippen LogP contribution is -2.51. The van der Waals surface area contributed by atoms with Crippen molar-refractivity contribution >= 4 is 11.8 Å². The topological polar surface area (TPSA) is 58.2 Å². The molecule has 0 radical (unpaired) electrons. The van der Waals surface area contributed by atoms with Crippen LogP contribution in [0.15, 0.2) is 0 Å². The highest BCUT2D eigenvalue weighted by molar-refractivity contribution is 5.87. The Labute approximate surface area is 111 Å². The van der Waals surface area contributed by atoms with Gasteiger partial charge in [0.25, 0.3) is 5.92 Å². The van der Waals surface area contributed by atoms with E-state index in [1.54, 1.807) is 0 Å². The Morgan fingerprint density at radius 3 is 2.16 bits per heavy atom. The van der Waals surface area contributed by atoms with E-state index in [9.17, 15) is 18.4 Å². The molecule has 0 heterocycles. The molecule has 0 aliphatic heterocycles. The van der Waals surface area contributed by atoms with Crippen molar-refractivity contribution in [2.75, 3.05) is 0 Å². The van der Waals surface area contributed by atoms with Crippen molar-refractivity contribution in [2.45, 2.75) is 51.6 Å². The summed E-state index contributed by atoms with van der Waals surface area (Å²) in [5, 5.41) is 5.37. The minimum Gasteiger partial charge on any atom is -0.352 e. The van der Waals surface area contributed by atoms with Gasteiger partial charge >= 0.3 is 0 Å². The van der Waals surface area contributed by atoms with Gasteiger partial charge in [-0.05, 0) is 18.8 Å². The van der Waals surface area contributed by atoms with E-state index in [1.807, 2.05) is 13.8 Å². The highest BCUT2D eigenvalue weighted by atomic mass is 19.3. The van der Waals surface area contributed by atoms with Crippen LogP contribution in [0.2, 0.25) is 0 Å². The summed E-state index contributed by atoms with van der Waals surface area (Å²) in [5.74, 6) is -4.22. The molecule has 0 saturated heterocycles. The van der Waals surface area contributed by atoms with Crippen molar-refractivity contribution in [1.29, 1.82) is 0 Å². The Balaban J connectivity index is 1.85. The second kappa shape index (κ2) is 4.72. The Kier molecular flexibility index (Phi) is 3.53. The van der Waals surface area contributed by atoms with Gasteiger partial charge in [-0.25, -0.2) is 8.78 Å². The van der Waals surface area contributed by atoms with Gasteiger partial charge in [0.15, 0.2) is 0 Å². The molecule has 6 heteroatoms. The first-order valence-electron chi connectivity index (χ1n) is 6.68. The van der Waals surface area contributed by atoms with E-state index in [4.69, 9.17) is 0 Å². The summed E-state index contributed by atoms with van der Waals surface area (Å²) in [5.41, 5.74) is 0. The van der Waals surface area contributed by atoms with E-state index < -0.39 is 23.8 Å². The first kappa shape index (κ1) is 14.2. The number of hydrogen-bond acceptors (Lipinski definition) is 2. The SMILES string of the molecule is CC(=O)N[C@@H](C(=O)NC1CC2C(C1)C2(F)F)C(C)C. The van der Waals surface area contributed by atoms with Gasteiger partial charge in [0, 0.05) is 24.8 Å². The van der Waals surface area contributed by atoms with Crippen LogP contribution in [-0.2, 0) is 9.59 Å². The highest BCUT2D eigenvalue weighted by Gasteiger charge is 2.71. The van der Waals surface area contributed by atoms with E-state index in [-0.39, 0.29) is 23.8 Å². The number of halogens is 2. The summed E-state index contributed by atoms with van der Waals surface area (Å²) in [6, 6.07) is -0.785. The zero-order valence-electron chi connectivity index (χ0n) is 11.4. The second-order valence-electron chi connectivity index (χ2n) is 5.99. The lowest BCUT2D eigenvalue weighted by atomic mass is 10.0. The summed E-state index contributed by atoms with van der Waals surface area (Å²) in [7, 11) is 0. The lowest BCUT2D eigenvalue weighted by molar-refractivity contribution is -0.129. The van der Waals surface area contributed by atoms with Crippen molar-refractivity contribution in [2.24, 2.45) is 17.8 Å². The lowest BCUT2D eigenvalue weighted by Gasteiger charge is -2.24. The van der Waals surface area contributed by atoms with Crippen LogP contribution < -0.4 is 10.6 Å². The molecule has 2 aliphatic rings. The zero-order valence-corrected chi connectivity index (χ0v) is 11.4. The molecule has 2 rings (SSSR count). The molecule has 19 heavy (non-hydrogen) atoms. The number of carbonyl (C=O) groups excluding carboxylic acids is 2. The Bertz CT molecular complexity index is 384. The van der Waals surface area contributed by atoms with Crippen LogP contribution >= 0.6 is 0 Å². The van der Waals surface area contributed by atoms with Crippen LogP contribution in [-0.4, -0.2) is 29.8 Å². The first-order chi connectivity index (χ1) is 8.73. The molecule has 0 aromatic heterocycles. The molecule has 2 unspecified atom stereocenters.